The minimum Gasteiger partial charge on any atom is -0.321 e. The first-order valence-corrected chi connectivity index (χ1v) is 6.61. The number of nitrogens with zero attached hydrogens (tertiary/aromatic N) is 1. The van der Waals surface area contributed by atoms with Crippen molar-refractivity contribution in [1.29, 1.82) is 0 Å². The fourth-order valence-corrected chi connectivity index (χ4v) is 2.20. The van der Waals surface area contributed by atoms with Crippen molar-refractivity contribution < 1.29 is 9.18 Å². The number of hydrogen-bond acceptors (Lipinski definition) is 2. The topological polar surface area (TPSA) is 51.1 Å². The zero-order valence-electron chi connectivity index (χ0n) is 10.9. The summed E-state index contributed by atoms with van der Waals surface area (Å²) in [4.78, 5) is 23.5. The third kappa shape index (κ3) is 2.96. The smallest absolute Gasteiger partial charge is 0.264 e. The molecule has 1 aromatic carbocycles. The molecule has 104 valence electrons. The van der Waals surface area contributed by atoms with E-state index in [0.29, 0.717) is 15.7 Å². The fourth-order valence-electron chi connectivity index (χ4n) is 1.68. The molecule has 2 rings (SSSR count). The first-order chi connectivity index (χ1) is 9.38. The molecule has 0 spiro atoms. The van der Waals surface area contributed by atoms with E-state index in [1.807, 2.05) is 0 Å². The lowest BCUT2D eigenvalue weighted by atomic mass is 10.1. The third-order valence-electron chi connectivity index (χ3n) is 2.83. The van der Waals surface area contributed by atoms with Gasteiger partial charge in [-0.3, -0.25) is 9.59 Å². The molecule has 0 aliphatic carbocycles. The van der Waals surface area contributed by atoms with Crippen LogP contribution >= 0.6 is 15.9 Å². The van der Waals surface area contributed by atoms with Gasteiger partial charge in [0, 0.05) is 18.8 Å². The number of nitrogens with one attached hydrogen (secondary N) is 1. The number of aryl methyl sites for hydroxylation is 2. The highest BCUT2D eigenvalue weighted by molar-refractivity contribution is 9.10. The van der Waals surface area contributed by atoms with Gasteiger partial charge < -0.3 is 9.88 Å². The molecule has 0 fully saturated rings. The van der Waals surface area contributed by atoms with E-state index in [2.05, 4.69) is 21.2 Å². The van der Waals surface area contributed by atoms with Gasteiger partial charge in [-0.15, -0.1) is 0 Å². The highest BCUT2D eigenvalue weighted by atomic mass is 79.9. The number of rotatable bonds is 2. The molecule has 0 aliphatic heterocycles. The van der Waals surface area contributed by atoms with Crippen molar-refractivity contribution in [2.45, 2.75) is 6.92 Å². The first-order valence-electron chi connectivity index (χ1n) is 5.82. The van der Waals surface area contributed by atoms with E-state index in [0.717, 1.165) is 0 Å². The van der Waals surface area contributed by atoms with Crippen LogP contribution in [0.25, 0.3) is 0 Å². The number of anilines is 1. The van der Waals surface area contributed by atoms with Crippen LogP contribution in [0.4, 0.5) is 10.1 Å². The molecule has 1 heterocycles. The molecule has 0 bridgehead atoms. The molecule has 4 nitrogen and oxygen atoms in total. The highest BCUT2D eigenvalue weighted by Crippen LogP contribution is 2.14. The molecule has 1 amide bonds. The molecule has 0 unspecified atom stereocenters. The number of carbonyl (C=O) groups excluding carboxylic acids is 1. The van der Waals surface area contributed by atoms with Gasteiger partial charge in [-0.25, -0.2) is 4.39 Å². The van der Waals surface area contributed by atoms with Crippen molar-refractivity contribution in [3.8, 4) is 0 Å². The largest absolute Gasteiger partial charge is 0.321 e. The lowest BCUT2D eigenvalue weighted by Gasteiger charge is -2.08. The lowest BCUT2D eigenvalue weighted by molar-refractivity contribution is 0.102. The maximum absolute atomic E-state index is 13.4. The van der Waals surface area contributed by atoms with Gasteiger partial charge in [0.15, 0.2) is 0 Å². The Kier molecular flexibility index (Phi) is 4.04. The van der Waals surface area contributed by atoms with Crippen LogP contribution in [0.1, 0.15) is 15.9 Å². The summed E-state index contributed by atoms with van der Waals surface area (Å²) >= 11 is 3.12. The van der Waals surface area contributed by atoms with Crippen LogP contribution in [0.15, 0.2) is 39.7 Å². The number of benzene rings is 1. The van der Waals surface area contributed by atoms with E-state index < -0.39 is 11.7 Å². The van der Waals surface area contributed by atoms with Gasteiger partial charge in [0.25, 0.3) is 11.5 Å². The standard InChI is InChI=1S/C14H12BrFN2O2/c1-8-3-4-9(5-12(8)16)13(19)17-10-6-11(15)14(20)18(2)7-10/h3-7H,1-2H3,(H,17,19). The van der Waals surface area contributed by atoms with E-state index in [9.17, 15) is 14.0 Å². The SMILES string of the molecule is Cc1ccc(C(=O)Nc2cc(Br)c(=O)n(C)c2)cc1F. The highest BCUT2D eigenvalue weighted by Gasteiger charge is 2.10. The predicted octanol–water partition coefficient (Wildman–Crippen LogP) is 2.85. The van der Waals surface area contributed by atoms with Gasteiger partial charge in [-0.1, -0.05) is 6.07 Å². The molecule has 0 aliphatic rings. The number of halogens is 2. The van der Waals surface area contributed by atoms with Crippen LogP contribution in [0.2, 0.25) is 0 Å². The minimum absolute atomic E-state index is 0.204. The number of pyridine rings is 1. The molecular weight excluding hydrogens is 327 g/mol. The predicted molar refractivity (Wildman–Crippen MR) is 78.5 cm³/mol. The molecule has 0 saturated heterocycles. The molecule has 1 aromatic heterocycles. The van der Waals surface area contributed by atoms with Gasteiger partial charge in [-0.05, 0) is 46.6 Å². The lowest BCUT2D eigenvalue weighted by Crippen LogP contribution is -2.19. The van der Waals surface area contributed by atoms with E-state index in [1.54, 1.807) is 26.1 Å². The first kappa shape index (κ1) is 14.5. The normalized spacial score (nSPS) is 10.4. The summed E-state index contributed by atoms with van der Waals surface area (Å²) in [5, 5.41) is 2.62. The molecule has 0 atom stereocenters. The molecule has 2 aromatic rings. The minimum atomic E-state index is -0.436. The maximum Gasteiger partial charge on any atom is 0.264 e. The Labute approximate surface area is 123 Å². The van der Waals surface area contributed by atoms with Gasteiger partial charge in [-0.2, -0.15) is 0 Å². The quantitative estimate of drug-likeness (QED) is 0.915. The van der Waals surface area contributed by atoms with E-state index in [-0.39, 0.29) is 11.1 Å². The average molecular weight is 339 g/mol. The second-order valence-corrected chi connectivity index (χ2v) is 5.27. The average Bonchev–Trinajstić information content (AvgIpc) is 2.39. The van der Waals surface area contributed by atoms with Crippen LogP contribution in [0, 0.1) is 12.7 Å². The summed E-state index contributed by atoms with van der Waals surface area (Å²) in [6, 6.07) is 5.78. The molecule has 0 saturated carbocycles. The second kappa shape index (κ2) is 5.58. The maximum atomic E-state index is 13.4. The van der Waals surface area contributed by atoms with Gasteiger partial charge in [0.2, 0.25) is 0 Å². The van der Waals surface area contributed by atoms with Crippen molar-refractivity contribution in [1.82, 2.24) is 4.57 Å². The monoisotopic (exact) mass is 338 g/mol. The van der Waals surface area contributed by atoms with E-state index in [4.69, 9.17) is 0 Å². The Hall–Kier alpha value is -1.95. The van der Waals surface area contributed by atoms with Crippen LogP contribution in [0.5, 0.6) is 0 Å². The zero-order valence-corrected chi connectivity index (χ0v) is 12.5. The third-order valence-corrected chi connectivity index (χ3v) is 3.40. The Morgan fingerprint density at radius 3 is 2.65 bits per heavy atom. The second-order valence-electron chi connectivity index (χ2n) is 4.41. The van der Waals surface area contributed by atoms with Crippen LogP contribution < -0.4 is 10.9 Å². The van der Waals surface area contributed by atoms with Gasteiger partial charge in [0.1, 0.15) is 5.82 Å². The number of amides is 1. The zero-order chi connectivity index (χ0) is 14.9. The molecule has 0 radical (unpaired) electrons. The van der Waals surface area contributed by atoms with Gasteiger partial charge >= 0.3 is 0 Å². The molecule has 6 heteroatoms. The Bertz CT molecular complexity index is 714. The van der Waals surface area contributed by atoms with E-state index in [1.165, 1.54) is 22.9 Å². The summed E-state index contributed by atoms with van der Waals surface area (Å²) in [6.45, 7) is 1.63. The Balaban J connectivity index is 2.27. The summed E-state index contributed by atoms with van der Waals surface area (Å²) in [5.74, 6) is -0.867. The summed E-state index contributed by atoms with van der Waals surface area (Å²) in [7, 11) is 1.58. The van der Waals surface area contributed by atoms with Crippen molar-refractivity contribution in [3.63, 3.8) is 0 Å². The summed E-state index contributed by atoms with van der Waals surface area (Å²) in [5.41, 5.74) is 0.943. The van der Waals surface area contributed by atoms with Crippen LogP contribution in [0.3, 0.4) is 0 Å². The summed E-state index contributed by atoms with van der Waals surface area (Å²) in [6.07, 6.45) is 1.50. The Morgan fingerprint density at radius 1 is 1.35 bits per heavy atom. The summed E-state index contributed by atoms with van der Waals surface area (Å²) < 4.78 is 15.1. The van der Waals surface area contributed by atoms with Crippen molar-refractivity contribution in [3.05, 3.63) is 62.2 Å². The van der Waals surface area contributed by atoms with Crippen LogP contribution in [-0.2, 0) is 7.05 Å². The van der Waals surface area contributed by atoms with Gasteiger partial charge in [0.05, 0.1) is 10.2 Å². The number of hydrogen-bond donors (Lipinski definition) is 1. The fraction of sp³-hybridized carbons (Fsp3) is 0.143. The van der Waals surface area contributed by atoms with E-state index >= 15 is 0 Å². The molecule has 1 N–H and O–H groups in total. The number of carbonyl (C=O) groups is 1. The van der Waals surface area contributed by atoms with Crippen molar-refractivity contribution >= 4 is 27.5 Å². The molecular formula is C14H12BrFN2O2. The Morgan fingerprint density at radius 2 is 2.05 bits per heavy atom. The number of aromatic nitrogens is 1. The van der Waals surface area contributed by atoms with Crippen molar-refractivity contribution in [2.24, 2.45) is 7.05 Å². The van der Waals surface area contributed by atoms with Crippen molar-refractivity contribution in [2.75, 3.05) is 5.32 Å². The molecule has 20 heavy (non-hydrogen) atoms. The van der Waals surface area contributed by atoms with Crippen LogP contribution in [-0.4, -0.2) is 10.5 Å².